The zero-order chi connectivity index (χ0) is 24.8. The topological polar surface area (TPSA) is 70.2 Å². The summed E-state index contributed by atoms with van der Waals surface area (Å²) in [5, 5.41) is 2.18. The molecule has 7 nitrogen and oxygen atoms in total. The number of hydrogen-bond donors (Lipinski definition) is 0. The van der Waals surface area contributed by atoms with E-state index in [2.05, 4.69) is 47.5 Å². The largest absolute Gasteiger partial charge is 0.466 e. The Morgan fingerprint density at radius 3 is 2.29 bits per heavy atom. The molecule has 8 heteroatoms. The van der Waals surface area contributed by atoms with Crippen LogP contribution in [0.5, 0.6) is 0 Å². The highest BCUT2D eigenvalue weighted by Crippen LogP contribution is 2.38. The summed E-state index contributed by atoms with van der Waals surface area (Å²) in [5.41, 5.74) is 3.96. The van der Waals surface area contributed by atoms with E-state index in [0.29, 0.717) is 45.8 Å². The second-order valence-electron chi connectivity index (χ2n) is 9.16. The van der Waals surface area contributed by atoms with Gasteiger partial charge in [0.15, 0.2) is 0 Å². The number of ether oxygens (including phenoxy) is 1. The third kappa shape index (κ3) is 6.11. The summed E-state index contributed by atoms with van der Waals surface area (Å²) >= 11 is 1.83. The van der Waals surface area contributed by atoms with E-state index >= 15 is 0 Å². The van der Waals surface area contributed by atoms with Crippen LogP contribution in [0.3, 0.4) is 0 Å². The average Bonchev–Trinajstić information content (AvgIpc) is 3.35. The predicted molar refractivity (Wildman–Crippen MR) is 136 cm³/mol. The number of hydrogen-bond acceptors (Lipinski definition) is 6. The molecule has 2 aliphatic heterocycles. The number of aryl methyl sites for hydroxylation is 1. The van der Waals surface area contributed by atoms with Crippen molar-refractivity contribution in [2.75, 3.05) is 45.9 Å². The minimum atomic E-state index is -0.342. The molecule has 2 aromatic rings. The van der Waals surface area contributed by atoms with E-state index < -0.39 is 0 Å². The van der Waals surface area contributed by atoms with Gasteiger partial charge in [-0.3, -0.25) is 19.3 Å². The van der Waals surface area contributed by atoms with Gasteiger partial charge in [0, 0.05) is 57.0 Å². The summed E-state index contributed by atoms with van der Waals surface area (Å²) in [7, 11) is 0. The van der Waals surface area contributed by atoms with Crippen molar-refractivity contribution in [2.45, 2.75) is 45.6 Å². The van der Waals surface area contributed by atoms with Gasteiger partial charge in [-0.2, -0.15) is 0 Å². The molecule has 188 valence electrons. The molecule has 0 N–H and O–H groups in total. The summed E-state index contributed by atoms with van der Waals surface area (Å²) in [6.45, 7) is 8.01. The maximum Gasteiger partial charge on any atom is 0.306 e. The molecule has 0 aliphatic carbocycles. The van der Waals surface area contributed by atoms with Gasteiger partial charge in [0.2, 0.25) is 11.8 Å². The Balaban J connectivity index is 1.30. The van der Waals surface area contributed by atoms with E-state index in [1.165, 1.54) is 21.6 Å². The van der Waals surface area contributed by atoms with Crippen molar-refractivity contribution in [3.63, 3.8) is 0 Å². The first-order chi connectivity index (χ1) is 17.0. The van der Waals surface area contributed by atoms with Crippen LogP contribution in [0, 0.1) is 6.92 Å². The second-order valence-corrected chi connectivity index (χ2v) is 10.2. The van der Waals surface area contributed by atoms with Gasteiger partial charge in [-0.15, -0.1) is 11.3 Å². The fourth-order valence-electron chi connectivity index (χ4n) is 5.07. The van der Waals surface area contributed by atoms with E-state index in [-0.39, 0.29) is 36.7 Å². The number of rotatable bonds is 8. The minimum Gasteiger partial charge on any atom is -0.466 e. The molecule has 0 spiro atoms. The first kappa shape index (κ1) is 25.4. The number of carbonyl (C=O) groups excluding carboxylic acids is 3. The summed E-state index contributed by atoms with van der Waals surface area (Å²) in [6.07, 6.45) is 1.76. The summed E-state index contributed by atoms with van der Waals surface area (Å²) in [6, 6.07) is 11.0. The quantitative estimate of drug-likeness (QED) is 0.523. The predicted octanol–water partition coefficient (Wildman–Crippen LogP) is 3.41. The number of nitrogens with zero attached hydrogens (tertiary/aromatic N) is 3. The first-order valence-electron chi connectivity index (χ1n) is 12.5. The fraction of sp³-hybridized carbons (Fsp3) is 0.519. The highest BCUT2D eigenvalue weighted by atomic mass is 32.1. The summed E-state index contributed by atoms with van der Waals surface area (Å²) in [5.74, 6) is -0.250. The zero-order valence-corrected chi connectivity index (χ0v) is 21.5. The van der Waals surface area contributed by atoms with Gasteiger partial charge in [-0.1, -0.05) is 24.3 Å². The molecule has 1 saturated heterocycles. The molecule has 2 aliphatic rings. The van der Waals surface area contributed by atoms with Gasteiger partial charge in [-0.25, -0.2) is 0 Å². The smallest absolute Gasteiger partial charge is 0.306 e. The SMILES string of the molecule is CCOC(=O)CCC(=O)N1CCN(C(=O)CCN2CCc3sccc3[C@@H]2c2ccccc2C)CC1. The third-order valence-corrected chi connectivity index (χ3v) is 7.99. The molecule has 0 radical (unpaired) electrons. The van der Waals surface area contributed by atoms with Crippen LogP contribution in [0.15, 0.2) is 35.7 Å². The van der Waals surface area contributed by atoms with Crippen molar-refractivity contribution in [1.82, 2.24) is 14.7 Å². The molecular formula is C27H35N3O4S. The Bertz CT molecular complexity index is 1040. The molecule has 2 amide bonds. The highest BCUT2D eigenvalue weighted by Gasteiger charge is 2.31. The lowest BCUT2D eigenvalue weighted by atomic mass is 9.90. The summed E-state index contributed by atoms with van der Waals surface area (Å²) < 4.78 is 4.90. The van der Waals surface area contributed by atoms with Gasteiger partial charge in [0.1, 0.15) is 0 Å². The number of carbonyl (C=O) groups is 3. The third-order valence-electron chi connectivity index (χ3n) is 7.00. The number of piperazine rings is 1. The molecule has 0 unspecified atom stereocenters. The molecule has 1 fully saturated rings. The molecule has 1 aromatic heterocycles. The molecule has 4 rings (SSSR count). The lowest BCUT2D eigenvalue weighted by Gasteiger charge is -2.38. The second kappa shape index (κ2) is 11.8. The zero-order valence-electron chi connectivity index (χ0n) is 20.7. The Hall–Kier alpha value is -2.71. The highest BCUT2D eigenvalue weighted by molar-refractivity contribution is 7.10. The van der Waals surface area contributed by atoms with Crippen LogP contribution in [0.1, 0.15) is 53.8 Å². The number of benzene rings is 1. The van der Waals surface area contributed by atoms with Crippen molar-refractivity contribution in [3.8, 4) is 0 Å². The fourth-order valence-corrected chi connectivity index (χ4v) is 5.97. The Morgan fingerprint density at radius 1 is 0.914 bits per heavy atom. The van der Waals surface area contributed by atoms with E-state index in [9.17, 15) is 14.4 Å². The van der Waals surface area contributed by atoms with Gasteiger partial charge in [-0.05, 0) is 48.4 Å². The van der Waals surface area contributed by atoms with Gasteiger partial charge in [0.05, 0.1) is 19.1 Å². The molecule has 1 aromatic carbocycles. The van der Waals surface area contributed by atoms with Crippen molar-refractivity contribution < 1.29 is 19.1 Å². The lowest BCUT2D eigenvalue weighted by molar-refractivity contribution is -0.146. The molecular weight excluding hydrogens is 462 g/mol. The molecule has 35 heavy (non-hydrogen) atoms. The van der Waals surface area contributed by atoms with Crippen LogP contribution in [0.4, 0.5) is 0 Å². The monoisotopic (exact) mass is 497 g/mol. The Labute approximate surface area is 211 Å². The number of fused-ring (bicyclic) bond motifs is 1. The first-order valence-corrected chi connectivity index (χ1v) is 13.4. The van der Waals surface area contributed by atoms with Crippen molar-refractivity contribution in [2.24, 2.45) is 0 Å². The normalized spacial score (nSPS) is 18.3. The maximum absolute atomic E-state index is 13.0. The number of thiophene rings is 1. The Morgan fingerprint density at radius 2 is 1.60 bits per heavy atom. The molecule has 1 atom stereocenters. The molecule has 0 bridgehead atoms. The average molecular weight is 498 g/mol. The van der Waals surface area contributed by atoms with Gasteiger partial charge in [0.25, 0.3) is 0 Å². The van der Waals surface area contributed by atoms with E-state index in [1.807, 2.05) is 16.2 Å². The van der Waals surface area contributed by atoms with Crippen LogP contribution in [-0.2, 0) is 25.5 Å². The van der Waals surface area contributed by atoms with Crippen LogP contribution < -0.4 is 0 Å². The number of esters is 1. The van der Waals surface area contributed by atoms with Crippen LogP contribution in [0.25, 0.3) is 0 Å². The standard InChI is InChI=1S/C27H35N3O4S/c1-3-34-26(33)9-8-24(31)28-15-17-29(18-16-28)25(32)11-14-30-13-10-23-22(12-19-35-23)27(30)21-7-5-4-6-20(21)2/h4-7,12,19,27H,3,8-11,13-18H2,1-2H3/t27-/m0/s1. The van der Waals surface area contributed by atoms with Gasteiger partial charge < -0.3 is 14.5 Å². The van der Waals surface area contributed by atoms with Crippen LogP contribution in [0.2, 0.25) is 0 Å². The number of amides is 2. The van der Waals surface area contributed by atoms with E-state index in [1.54, 1.807) is 11.8 Å². The van der Waals surface area contributed by atoms with Crippen molar-refractivity contribution in [3.05, 3.63) is 57.3 Å². The Kier molecular flexibility index (Phi) is 8.57. The lowest BCUT2D eigenvalue weighted by Crippen LogP contribution is -2.51. The minimum absolute atomic E-state index is 0.0499. The van der Waals surface area contributed by atoms with Crippen LogP contribution in [-0.4, -0.2) is 78.4 Å². The van der Waals surface area contributed by atoms with Crippen molar-refractivity contribution in [1.29, 1.82) is 0 Å². The summed E-state index contributed by atoms with van der Waals surface area (Å²) in [4.78, 5) is 44.5. The van der Waals surface area contributed by atoms with E-state index in [4.69, 9.17) is 4.74 Å². The van der Waals surface area contributed by atoms with E-state index in [0.717, 1.165) is 13.0 Å². The molecule has 3 heterocycles. The maximum atomic E-state index is 13.0. The molecule has 0 saturated carbocycles. The van der Waals surface area contributed by atoms with Crippen molar-refractivity contribution >= 4 is 29.1 Å². The van der Waals surface area contributed by atoms with Gasteiger partial charge >= 0.3 is 5.97 Å². The van der Waals surface area contributed by atoms with Crippen LogP contribution >= 0.6 is 11.3 Å².